The van der Waals surface area contributed by atoms with Crippen molar-refractivity contribution in [3.05, 3.63) is 0 Å². The zero-order valence-corrected chi connectivity index (χ0v) is 13.7. The van der Waals surface area contributed by atoms with E-state index in [-0.39, 0.29) is 0 Å². The lowest BCUT2D eigenvalue weighted by molar-refractivity contribution is 0.0188. The molecule has 21 heavy (non-hydrogen) atoms. The van der Waals surface area contributed by atoms with Gasteiger partial charge in [0.05, 0.1) is 6.61 Å². The van der Waals surface area contributed by atoms with Crippen LogP contribution >= 0.6 is 0 Å². The molecular formula is C17H33N3O. The summed E-state index contributed by atoms with van der Waals surface area (Å²) in [6.07, 6.45) is 6.82. The van der Waals surface area contributed by atoms with Gasteiger partial charge in [-0.05, 0) is 51.9 Å². The molecule has 0 saturated carbocycles. The Morgan fingerprint density at radius 1 is 1.10 bits per heavy atom. The second-order valence-corrected chi connectivity index (χ2v) is 7.09. The van der Waals surface area contributed by atoms with E-state index in [2.05, 4.69) is 22.0 Å². The van der Waals surface area contributed by atoms with Crippen LogP contribution in [0.15, 0.2) is 0 Å². The topological polar surface area (TPSA) is 27.7 Å². The lowest BCUT2D eigenvalue weighted by Crippen LogP contribution is -2.48. The van der Waals surface area contributed by atoms with Crippen LogP contribution in [0.5, 0.6) is 0 Å². The summed E-state index contributed by atoms with van der Waals surface area (Å²) in [4.78, 5) is 5.45. The van der Waals surface area contributed by atoms with Gasteiger partial charge in [0.25, 0.3) is 0 Å². The highest BCUT2D eigenvalue weighted by Gasteiger charge is 2.32. The normalized spacial score (nSPS) is 36.1. The van der Waals surface area contributed by atoms with Crippen molar-refractivity contribution >= 4 is 0 Å². The van der Waals surface area contributed by atoms with E-state index in [1.165, 1.54) is 64.8 Å². The SMILES string of the molecule is CCNC1CCOCC1CN1CCC(N2CCCCC2)C1. The maximum atomic E-state index is 5.74. The molecule has 0 radical (unpaired) electrons. The molecule has 0 aliphatic carbocycles. The summed E-state index contributed by atoms with van der Waals surface area (Å²) < 4.78 is 5.74. The van der Waals surface area contributed by atoms with E-state index in [1.807, 2.05) is 0 Å². The monoisotopic (exact) mass is 295 g/mol. The van der Waals surface area contributed by atoms with Gasteiger partial charge in [-0.2, -0.15) is 0 Å². The average Bonchev–Trinajstić information content (AvgIpc) is 2.99. The number of nitrogens with zero attached hydrogens (tertiary/aromatic N) is 2. The number of hydrogen-bond donors (Lipinski definition) is 1. The highest BCUT2D eigenvalue weighted by molar-refractivity contribution is 4.88. The van der Waals surface area contributed by atoms with E-state index in [0.717, 1.165) is 25.8 Å². The second kappa shape index (κ2) is 7.91. The van der Waals surface area contributed by atoms with Crippen molar-refractivity contribution in [3.8, 4) is 0 Å². The molecule has 4 heteroatoms. The van der Waals surface area contributed by atoms with Gasteiger partial charge in [-0.25, -0.2) is 0 Å². The van der Waals surface area contributed by atoms with Crippen molar-refractivity contribution in [2.24, 2.45) is 5.92 Å². The Balaban J connectivity index is 1.46. The van der Waals surface area contributed by atoms with Crippen molar-refractivity contribution in [3.63, 3.8) is 0 Å². The number of nitrogens with one attached hydrogen (secondary N) is 1. The molecule has 3 fully saturated rings. The minimum atomic E-state index is 0.665. The zero-order valence-electron chi connectivity index (χ0n) is 13.7. The first-order chi connectivity index (χ1) is 10.4. The van der Waals surface area contributed by atoms with E-state index in [0.29, 0.717) is 12.0 Å². The summed E-state index contributed by atoms with van der Waals surface area (Å²) in [5.41, 5.74) is 0. The van der Waals surface area contributed by atoms with Gasteiger partial charge in [-0.1, -0.05) is 13.3 Å². The quantitative estimate of drug-likeness (QED) is 0.833. The van der Waals surface area contributed by atoms with Crippen molar-refractivity contribution in [2.45, 2.75) is 51.1 Å². The predicted octanol–water partition coefficient (Wildman–Crippen LogP) is 1.56. The summed E-state index contributed by atoms with van der Waals surface area (Å²) in [5.74, 6) is 0.679. The van der Waals surface area contributed by atoms with E-state index < -0.39 is 0 Å². The van der Waals surface area contributed by atoms with E-state index in [4.69, 9.17) is 4.74 Å². The summed E-state index contributed by atoms with van der Waals surface area (Å²) in [7, 11) is 0. The predicted molar refractivity (Wildman–Crippen MR) is 86.7 cm³/mol. The Labute approximate surface area is 130 Å². The molecular weight excluding hydrogens is 262 g/mol. The third-order valence-corrected chi connectivity index (χ3v) is 5.59. The van der Waals surface area contributed by atoms with Crippen molar-refractivity contribution < 1.29 is 4.74 Å². The van der Waals surface area contributed by atoms with Gasteiger partial charge in [0.1, 0.15) is 0 Å². The minimum absolute atomic E-state index is 0.665. The highest BCUT2D eigenvalue weighted by atomic mass is 16.5. The van der Waals surface area contributed by atoms with Crippen LogP contribution in [0.25, 0.3) is 0 Å². The molecule has 3 unspecified atom stereocenters. The van der Waals surface area contributed by atoms with Crippen molar-refractivity contribution in [1.82, 2.24) is 15.1 Å². The molecule has 0 aromatic carbocycles. The molecule has 3 heterocycles. The zero-order chi connectivity index (χ0) is 14.5. The Morgan fingerprint density at radius 2 is 1.95 bits per heavy atom. The molecule has 3 saturated heterocycles. The van der Waals surface area contributed by atoms with E-state index >= 15 is 0 Å². The van der Waals surface area contributed by atoms with E-state index in [1.54, 1.807) is 0 Å². The Morgan fingerprint density at radius 3 is 2.76 bits per heavy atom. The first-order valence-electron chi connectivity index (χ1n) is 9.14. The molecule has 0 aromatic rings. The average molecular weight is 295 g/mol. The van der Waals surface area contributed by atoms with Crippen LogP contribution in [0.2, 0.25) is 0 Å². The van der Waals surface area contributed by atoms with E-state index in [9.17, 15) is 0 Å². The second-order valence-electron chi connectivity index (χ2n) is 7.09. The number of ether oxygens (including phenoxy) is 1. The fourth-order valence-electron chi connectivity index (χ4n) is 4.40. The van der Waals surface area contributed by atoms with Gasteiger partial charge in [-0.15, -0.1) is 0 Å². The maximum Gasteiger partial charge on any atom is 0.0521 e. The third kappa shape index (κ3) is 4.19. The van der Waals surface area contributed by atoms with Crippen LogP contribution in [-0.4, -0.2) is 74.4 Å². The highest BCUT2D eigenvalue weighted by Crippen LogP contribution is 2.23. The van der Waals surface area contributed by atoms with Gasteiger partial charge in [-0.3, -0.25) is 4.90 Å². The lowest BCUT2D eigenvalue weighted by atomic mass is 9.95. The fraction of sp³-hybridized carbons (Fsp3) is 1.00. The number of likely N-dealkylation sites (tertiary alicyclic amines) is 2. The summed E-state index contributed by atoms with van der Waals surface area (Å²) in [6, 6.07) is 1.49. The summed E-state index contributed by atoms with van der Waals surface area (Å²) >= 11 is 0. The summed E-state index contributed by atoms with van der Waals surface area (Å²) in [5, 5.41) is 3.67. The molecule has 3 aliphatic rings. The number of piperidine rings is 1. The van der Waals surface area contributed by atoms with Crippen molar-refractivity contribution in [1.29, 1.82) is 0 Å². The lowest BCUT2D eigenvalue weighted by Gasteiger charge is -2.35. The Kier molecular flexibility index (Phi) is 5.92. The molecule has 0 amide bonds. The Hall–Kier alpha value is -0.160. The van der Waals surface area contributed by atoms with Gasteiger partial charge < -0.3 is 15.0 Å². The molecule has 4 nitrogen and oxygen atoms in total. The molecule has 0 aromatic heterocycles. The van der Waals surface area contributed by atoms with Gasteiger partial charge in [0.2, 0.25) is 0 Å². The smallest absolute Gasteiger partial charge is 0.0521 e. The number of hydrogen-bond acceptors (Lipinski definition) is 4. The Bertz CT molecular complexity index is 304. The molecule has 3 aliphatic heterocycles. The van der Waals surface area contributed by atoms with Crippen LogP contribution in [0.3, 0.4) is 0 Å². The molecule has 1 N–H and O–H groups in total. The van der Waals surface area contributed by atoms with Crippen LogP contribution in [-0.2, 0) is 4.74 Å². The van der Waals surface area contributed by atoms with Crippen LogP contribution < -0.4 is 5.32 Å². The molecule has 3 rings (SSSR count). The first-order valence-corrected chi connectivity index (χ1v) is 9.14. The third-order valence-electron chi connectivity index (χ3n) is 5.59. The van der Waals surface area contributed by atoms with Crippen LogP contribution in [0, 0.1) is 5.92 Å². The summed E-state index contributed by atoms with van der Waals surface area (Å²) in [6.45, 7) is 11.7. The largest absolute Gasteiger partial charge is 0.381 e. The first kappa shape index (κ1) is 15.7. The van der Waals surface area contributed by atoms with Gasteiger partial charge in [0, 0.05) is 37.7 Å². The van der Waals surface area contributed by atoms with Gasteiger partial charge in [0.15, 0.2) is 0 Å². The fourth-order valence-corrected chi connectivity index (χ4v) is 4.40. The number of rotatable bonds is 5. The van der Waals surface area contributed by atoms with Gasteiger partial charge >= 0.3 is 0 Å². The molecule has 3 atom stereocenters. The molecule has 0 spiro atoms. The standard InChI is InChI=1S/C17H33N3O/c1-2-18-17-7-11-21-14-15(17)12-19-10-6-16(13-19)20-8-4-3-5-9-20/h15-18H,2-14H2,1H3. The van der Waals surface area contributed by atoms with Crippen LogP contribution in [0.1, 0.15) is 39.0 Å². The minimum Gasteiger partial charge on any atom is -0.381 e. The van der Waals surface area contributed by atoms with Crippen molar-refractivity contribution in [2.75, 3.05) is 52.5 Å². The molecule has 0 bridgehead atoms. The molecule has 122 valence electrons. The van der Waals surface area contributed by atoms with Crippen LogP contribution in [0.4, 0.5) is 0 Å². The maximum absolute atomic E-state index is 5.74.